The van der Waals surface area contributed by atoms with Crippen LogP contribution in [0.1, 0.15) is 25.6 Å². The highest BCUT2D eigenvalue weighted by Crippen LogP contribution is 2.11. The minimum atomic E-state index is -0.156. The summed E-state index contributed by atoms with van der Waals surface area (Å²) < 4.78 is 4.93. The maximum atomic E-state index is 11.6. The van der Waals surface area contributed by atoms with Gasteiger partial charge in [-0.1, -0.05) is 34.9 Å². The predicted molar refractivity (Wildman–Crippen MR) is 63.3 cm³/mol. The summed E-state index contributed by atoms with van der Waals surface area (Å²) in [5, 5.41) is 6.48. The van der Waals surface area contributed by atoms with E-state index in [4.69, 9.17) is 4.52 Å². The molecule has 0 aliphatic heterocycles. The first-order valence-corrected chi connectivity index (χ1v) is 6.13. The number of aromatic nitrogens is 2. The molecular formula is C10H16BrN3O2. The Bertz CT molecular complexity index is 352. The summed E-state index contributed by atoms with van der Waals surface area (Å²) in [6, 6.07) is 0. The molecule has 0 saturated heterocycles. The molecule has 1 unspecified atom stereocenters. The van der Waals surface area contributed by atoms with Gasteiger partial charge in [-0.15, -0.1) is 0 Å². The molecule has 0 spiro atoms. The van der Waals surface area contributed by atoms with Crippen molar-refractivity contribution in [2.24, 2.45) is 5.92 Å². The van der Waals surface area contributed by atoms with Gasteiger partial charge < -0.3 is 9.84 Å². The Morgan fingerprint density at radius 1 is 1.56 bits per heavy atom. The molecule has 0 aromatic carbocycles. The summed E-state index contributed by atoms with van der Waals surface area (Å²) in [4.78, 5) is 15.4. The number of amides is 1. The molecular weight excluding hydrogens is 274 g/mol. The van der Waals surface area contributed by atoms with Gasteiger partial charge >= 0.3 is 0 Å². The monoisotopic (exact) mass is 289 g/mol. The summed E-state index contributed by atoms with van der Waals surface area (Å²) in [6.07, 6.45) is 0.560. The molecule has 1 aromatic rings. The number of aryl methyl sites for hydroxylation is 1. The van der Waals surface area contributed by atoms with E-state index in [1.807, 2.05) is 13.8 Å². The topological polar surface area (TPSA) is 68.0 Å². The van der Waals surface area contributed by atoms with Gasteiger partial charge in [0.1, 0.15) is 0 Å². The zero-order chi connectivity index (χ0) is 12.1. The van der Waals surface area contributed by atoms with E-state index in [1.165, 1.54) is 0 Å². The third-order valence-electron chi connectivity index (χ3n) is 2.04. The molecule has 0 saturated carbocycles. The molecule has 1 amide bonds. The predicted octanol–water partition coefficient (Wildman–Crippen LogP) is 1.46. The third-order valence-corrected chi connectivity index (χ3v) is 3.52. The molecule has 1 N–H and O–H groups in total. The van der Waals surface area contributed by atoms with Gasteiger partial charge in [-0.2, -0.15) is 4.98 Å². The average Bonchev–Trinajstić information content (AvgIpc) is 2.62. The van der Waals surface area contributed by atoms with Crippen molar-refractivity contribution >= 4 is 21.8 Å². The van der Waals surface area contributed by atoms with Crippen molar-refractivity contribution in [1.82, 2.24) is 15.5 Å². The third kappa shape index (κ3) is 3.92. The minimum Gasteiger partial charge on any atom is -0.355 e. The Labute approximate surface area is 103 Å². The van der Waals surface area contributed by atoms with Gasteiger partial charge in [-0.25, -0.2) is 0 Å². The van der Waals surface area contributed by atoms with E-state index in [0.29, 0.717) is 24.7 Å². The highest BCUT2D eigenvalue weighted by Gasteiger charge is 2.17. The SMILES string of the molecule is Cc1noc(CCNC(=O)C(Br)C(C)C)n1. The highest BCUT2D eigenvalue weighted by atomic mass is 79.9. The molecule has 0 aliphatic rings. The lowest BCUT2D eigenvalue weighted by Crippen LogP contribution is -2.35. The van der Waals surface area contributed by atoms with Gasteiger partial charge in [0.15, 0.2) is 5.82 Å². The van der Waals surface area contributed by atoms with E-state index >= 15 is 0 Å². The zero-order valence-corrected chi connectivity index (χ0v) is 11.2. The molecule has 0 fully saturated rings. The van der Waals surface area contributed by atoms with E-state index < -0.39 is 0 Å². The van der Waals surface area contributed by atoms with E-state index in [2.05, 4.69) is 31.4 Å². The fourth-order valence-corrected chi connectivity index (χ4v) is 1.30. The number of carbonyl (C=O) groups is 1. The summed E-state index contributed by atoms with van der Waals surface area (Å²) in [7, 11) is 0. The largest absolute Gasteiger partial charge is 0.355 e. The van der Waals surface area contributed by atoms with Crippen LogP contribution < -0.4 is 5.32 Å². The average molecular weight is 290 g/mol. The Balaban J connectivity index is 2.28. The van der Waals surface area contributed by atoms with Crippen LogP contribution in [-0.4, -0.2) is 27.4 Å². The van der Waals surface area contributed by atoms with Crippen LogP contribution in [0, 0.1) is 12.8 Å². The first-order chi connectivity index (χ1) is 7.50. The van der Waals surface area contributed by atoms with Crippen molar-refractivity contribution in [3.8, 4) is 0 Å². The Morgan fingerprint density at radius 2 is 2.25 bits per heavy atom. The van der Waals surface area contributed by atoms with Crippen molar-refractivity contribution in [2.45, 2.75) is 32.0 Å². The molecule has 1 aromatic heterocycles. The van der Waals surface area contributed by atoms with Crippen molar-refractivity contribution in [3.63, 3.8) is 0 Å². The quantitative estimate of drug-likeness (QED) is 0.834. The fourth-order valence-electron chi connectivity index (χ4n) is 1.13. The summed E-state index contributed by atoms with van der Waals surface area (Å²) >= 11 is 3.33. The smallest absolute Gasteiger partial charge is 0.234 e. The number of hydrogen-bond donors (Lipinski definition) is 1. The summed E-state index contributed by atoms with van der Waals surface area (Å²) in [5.41, 5.74) is 0. The molecule has 1 atom stereocenters. The van der Waals surface area contributed by atoms with Gasteiger partial charge in [-0.3, -0.25) is 4.79 Å². The molecule has 0 radical (unpaired) electrons. The number of nitrogens with one attached hydrogen (secondary N) is 1. The van der Waals surface area contributed by atoms with Crippen LogP contribution in [0.2, 0.25) is 0 Å². The van der Waals surface area contributed by atoms with Crippen LogP contribution in [-0.2, 0) is 11.2 Å². The maximum Gasteiger partial charge on any atom is 0.234 e. The van der Waals surface area contributed by atoms with Crippen molar-refractivity contribution in [2.75, 3.05) is 6.54 Å². The molecule has 0 bridgehead atoms. The van der Waals surface area contributed by atoms with Gasteiger partial charge in [-0.05, 0) is 12.8 Å². The van der Waals surface area contributed by atoms with Gasteiger partial charge in [0.2, 0.25) is 11.8 Å². The van der Waals surface area contributed by atoms with Gasteiger partial charge in [0.05, 0.1) is 4.83 Å². The van der Waals surface area contributed by atoms with E-state index in [0.717, 1.165) is 0 Å². The first-order valence-electron chi connectivity index (χ1n) is 5.21. The summed E-state index contributed by atoms with van der Waals surface area (Å²) in [6.45, 7) is 6.24. The number of rotatable bonds is 5. The van der Waals surface area contributed by atoms with E-state index in [-0.39, 0.29) is 16.7 Å². The number of carbonyl (C=O) groups excluding carboxylic acids is 1. The zero-order valence-electron chi connectivity index (χ0n) is 9.66. The fraction of sp³-hybridized carbons (Fsp3) is 0.700. The van der Waals surface area contributed by atoms with E-state index in [9.17, 15) is 4.79 Å². The van der Waals surface area contributed by atoms with Crippen molar-refractivity contribution in [1.29, 1.82) is 0 Å². The molecule has 5 nitrogen and oxygen atoms in total. The lowest BCUT2D eigenvalue weighted by molar-refractivity contribution is -0.121. The normalized spacial score (nSPS) is 12.8. The summed E-state index contributed by atoms with van der Waals surface area (Å²) in [5.74, 6) is 1.42. The van der Waals surface area contributed by atoms with Gasteiger partial charge in [0, 0.05) is 13.0 Å². The standard InChI is InChI=1S/C10H16BrN3O2/c1-6(2)9(11)10(15)12-5-4-8-13-7(3)14-16-8/h6,9H,4-5H2,1-3H3,(H,12,15). The van der Waals surface area contributed by atoms with Crippen LogP contribution in [0.4, 0.5) is 0 Å². The lowest BCUT2D eigenvalue weighted by Gasteiger charge is -2.12. The van der Waals surface area contributed by atoms with Crippen LogP contribution in [0.5, 0.6) is 0 Å². The second-order valence-corrected chi connectivity index (χ2v) is 4.91. The number of halogens is 1. The number of nitrogens with zero attached hydrogens (tertiary/aromatic N) is 2. The van der Waals surface area contributed by atoms with Gasteiger partial charge in [0.25, 0.3) is 0 Å². The Hall–Kier alpha value is -0.910. The minimum absolute atomic E-state index is 0.00811. The van der Waals surface area contributed by atoms with E-state index in [1.54, 1.807) is 6.92 Å². The molecule has 1 rings (SSSR count). The Kier molecular flexibility index (Phi) is 4.92. The molecule has 0 aliphatic carbocycles. The first kappa shape index (κ1) is 13.2. The van der Waals surface area contributed by atoms with Crippen molar-refractivity contribution < 1.29 is 9.32 Å². The molecule has 6 heteroatoms. The Morgan fingerprint density at radius 3 is 2.75 bits per heavy atom. The van der Waals surface area contributed by atoms with Crippen LogP contribution >= 0.6 is 15.9 Å². The maximum absolute atomic E-state index is 11.6. The lowest BCUT2D eigenvalue weighted by atomic mass is 10.1. The molecule has 16 heavy (non-hydrogen) atoms. The second kappa shape index (κ2) is 5.98. The molecule has 1 heterocycles. The second-order valence-electron chi connectivity index (χ2n) is 3.92. The highest BCUT2D eigenvalue weighted by molar-refractivity contribution is 9.10. The van der Waals surface area contributed by atoms with Crippen LogP contribution in [0.25, 0.3) is 0 Å². The van der Waals surface area contributed by atoms with Crippen LogP contribution in [0.15, 0.2) is 4.52 Å². The van der Waals surface area contributed by atoms with Crippen LogP contribution in [0.3, 0.4) is 0 Å². The van der Waals surface area contributed by atoms with Crippen molar-refractivity contribution in [3.05, 3.63) is 11.7 Å². The number of hydrogen-bond acceptors (Lipinski definition) is 4. The number of alkyl halides is 1. The molecule has 90 valence electrons.